The van der Waals surface area contributed by atoms with E-state index >= 15 is 0 Å². The summed E-state index contributed by atoms with van der Waals surface area (Å²) in [5.74, 6) is 0.798. The maximum Gasteiger partial charge on any atom is 0.241 e. The predicted molar refractivity (Wildman–Crippen MR) is 67.7 cm³/mol. The van der Waals surface area contributed by atoms with Crippen molar-refractivity contribution in [2.75, 3.05) is 0 Å². The summed E-state index contributed by atoms with van der Waals surface area (Å²) in [6.45, 7) is 8.35. The van der Waals surface area contributed by atoms with Gasteiger partial charge in [0, 0.05) is 0 Å². The molecule has 1 nitrogen and oxygen atoms in total. The van der Waals surface area contributed by atoms with Crippen molar-refractivity contribution in [2.45, 2.75) is 43.2 Å². The Morgan fingerprint density at radius 2 is 1.79 bits per heavy atom. The fourth-order valence-corrected chi connectivity index (χ4v) is 2.31. The zero-order chi connectivity index (χ0) is 11.4. The minimum absolute atomic E-state index is 0.343. The summed E-state index contributed by atoms with van der Waals surface area (Å²) in [7, 11) is -1.60. The Morgan fingerprint density at radius 1 is 1.29 bits per heavy atom. The lowest BCUT2D eigenvalue weighted by atomic mass is 10.3. The number of rotatable bonds is 4. The van der Waals surface area contributed by atoms with Gasteiger partial charge in [0.25, 0.3) is 0 Å². The van der Waals surface area contributed by atoms with Crippen LogP contribution in [-0.2, 0) is 4.43 Å². The first-order chi connectivity index (χ1) is 6.14. The molecule has 0 radical (unpaired) electrons. The van der Waals surface area contributed by atoms with Crippen LogP contribution in [0, 0.1) is 0 Å². The molecule has 0 aromatic rings. The highest BCUT2D eigenvalue weighted by Gasteiger charge is 2.25. The number of hydrogen-bond donors (Lipinski definition) is 0. The molecule has 0 unspecified atom stereocenters. The third-order valence-electron chi connectivity index (χ3n) is 1.24. The normalized spacial score (nSPS) is 14.4. The van der Waals surface area contributed by atoms with Gasteiger partial charge in [-0.2, -0.15) is 0 Å². The zero-order valence-corrected chi connectivity index (χ0v) is 12.3. The molecule has 0 rings (SSSR count). The van der Waals surface area contributed by atoms with E-state index in [9.17, 15) is 0 Å². The second kappa shape index (κ2) is 5.64. The molecule has 0 aliphatic carbocycles. The fourth-order valence-electron chi connectivity index (χ4n) is 0.968. The van der Waals surface area contributed by atoms with Crippen LogP contribution in [0.25, 0.3) is 0 Å². The van der Waals surface area contributed by atoms with E-state index in [0.717, 1.165) is 12.2 Å². The van der Waals surface area contributed by atoms with Crippen LogP contribution in [-0.4, -0.2) is 12.1 Å². The quantitative estimate of drug-likeness (QED) is 0.403. The highest BCUT2D eigenvalue weighted by molar-refractivity contribution is 6.70. The Bertz CT molecular complexity index is 185. The molecule has 0 atom stereocenters. The van der Waals surface area contributed by atoms with E-state index in [4.69, 9.17) is 39.2 Å². The lowest BCUT2D eigenvalue weighted by Gasteiger charge is -2.24. The second-order valence-corrected chi connectivity index (χ2v) is 11.0. The fraction of sp³-hybridized carbons (Fsp3) is 0.778. The SMILES string of the molecule is CC/C=C(\CC(Cl)(Cl)Cl)O[Si](C)(C)C. The summed E-state index contributed by atoms with van der Waals surface area (Å²) >= 11 is 17.2. The zero-order valence-electron chi connectivity index (χ0n) is 9.03. The first-order valence-electron chi connectivity index (χ1n) is 4.59. The summed E-state index contributed by atoms with van der Waals surface area (Å²) in [4.78, 5) is 0. The van der Waals surface area contributed by atoms with Crippen LogP contribution < -0.4 is 0 Å². The predicted octanol–water partition coefficient (Wildman–Crippen LogP) is 4.89. The summed E-state index contributed by atoms with van der Waals surface area (Å²) in [5, 5.41) is 0. The van der Waals surface area contributed by atoms with E-state index in [0.29, 0.717) is 6.42 Å². The van der Waals surface area contributed by atoms with Crippen molar-refractivity contribution in [3.63, 3.8) is 0 Å². The Balaban J connectivity index is 4.41. The van der Waals surface area contributed by atoms with Gasteiger partial charge >= 0.3 is 0 Å². The maximum atomic E-state index is 5.80. The van der Waals surface area contributed by atoms with Crippen molar-refractivity contribution in [1.29, 1.82) is 0 Å². The lowest BCUT2D eigenvalue weighted by Crippen LogP contribution is -2.26. The van der Waals surface area contributed by atoms with E-state index in [1.807, 2.05) is 13.0 Å². The number of hydrogen-bond acceptors (Lipinski definition) is 1. The lowest BCUT2D eigenvalue weighted by molar-refractivity contribution is 0.398. The highest BCUT2D eigenvalue weighted by Crippen LogP contribution is 2.34. The van der Waals surface area contributed by atoms with E-state index in [2.05, 4.69) is 19.6 Å². The van der Waals surface area contributed by atoms with Gasteiger partial charge in [-0.05, 0) is 32.1 Å². The van der Waals surface area contributed by atoms with Gasteiger partial charge in [-0.3, -0.25) is 0 Å². The second-order valence-electron chi connectivity index (χ2n) is 4.09. The molecule has 5 heteroatoms. The minimum atomic E-state index is -1.60. The van der Waals surface area contributed by atoms with Crippen molar-refractivity contribution in [1.82, 2.24) is 0 Å². The molecule has 0 aliphatic rings. The first-order valence-corrected chi connectivity index (χ1v) is 9.13. The Hall–Kier alpha value is 0.627. The van der Waals surface area contributed by atoms with Gasteiger partial charge in [-0.25, -0.2) is 0 Å². The van der Waals surface area contributed by atoms with Crippen molar-refractivity contribution in [2.24, 2.45) is 0 Å². The van der Waals surface area contributed by atoms with Crippen LogP contribution in [0.2, 0.25) is 19.6 Å². The molecule has 0 aromatic carbocycles. The molecule has 0 saturated carbocycles. The average Bonchev–Trinajstić information content (AvgIpc) is 1.78. The third-order valence-corrected chi connectivity index (χ3v) is 2.52. The van der Waals surface area contributed by atoms with Gasteiger partial charge in [0.2, 0.25) is 8.32 Å². The standard InChI is InChI=1S/C9H17Cl3OSi/c1-5-6-8(7-9(10,11)12)13-14(2,3)4/h6H,5,7H2,1-4H3/b8-6+. The number of allylic oxidation sites excluding steroid dienone is 2. The Labute approximate surface area is 102 Å². The molecule has 0 bridgehead atoms. The van der Waals surface area contributed by atoms with Gasteiger partial charge in [-0.1, -0.05) is 41.7 Å². The van der Waals surface area contributed by atoms with Crippen molar-refractivity contribution in [3.8, 4) is 0 Å². The minimum Gasteiger partial charge on any atom is -0.547 e. The van der Waals surface area contributed by atoms with Gasteiger partial charge in [0.15, 0.2) is 3.79 Å². The largest absolute Gasteiger partial charge is 0.547 e. The molecule has 84 valence electrons. The van der Waals surface area contributed by atoms with Gasteiger partial charge < -0.3 is 4.43 Å². The molecule has 0 spiro atoms. The number of halogens is 3. The van der Waals surface area contributed by atoms with Crippen LogP contribution in [0.15, 0.2) is 11.8 Å². The van der Waals surface area contributed by atoms with E-state index in [1.54, 1.807) is 0 Å². The first kappa shape index (κ1) is 14.6. The smallest absolute Gasteiger partial charge is 0.241 e. The summed E-state index contributed by atoms with van der Waals surface area (Å²) in [6, 6.07) is 0. The number of alkyl halides is 3. The van der Waals surface area contributed by atoms with Crippen LogP contribution in [0.1, 0.15) is 19.8 Å². The molecule has 0 N–H and O–H groups in total. The summed E-state index contributed by atoms with van der Waals surface area (Å²) in [6.07, 6.45) is 3.20. The van der Waals surface area contributed by atoms with E-state index in [1.165, 1.54) is 0 Å². The van der Waals surface area contributed by atoms with Crippen LogP contribution >= 0.6 is 34.8 Å². The van der Waals surface area contributed by atoms with Crippen molar-refractivity contribution >= 4 is 43.1 Å². The van der Waals surface area contributed by atoms with Crippen LogP contribution in [0.3, 0.4) is 0 Å². The van der Waals surface area contributed by atoms with Crippen molar-refractivity contribution in [3.05, 3.63) is 11.8 Å². The Kier molecular flexibility index (Phi) is 5.89. The molecular formula is C9H17Cl3OSi. The van der Waals surface area contributed by atoms with Gasteiger partial charge in [0.1, 0.15) is 0 Å². The molecule has 0 aromatic heterocycles. The van der Waals surface area contributed by atoms with Crippen LogP contribution in [0.5, 0.6) is 0 Å². The topological polar surface area (TPSA) is 9.23 Å². The average molecular weight is 276 g/mol. The molecule has 0 saturated heterocycles. The molecular weight excluding hydrogens is 259 g/mol. The van der Waals surface area contributed by atoms with Gasteiger partial charge in [-0.15, -0.1) is 0 Å². The van der Waals surface area contributed by atoms with E-state index < -0.39 is 12.1 Å². The summed E-state index contributed by atoms with van der Waals surface area (Å²) in [5.41, 5.74) is 0. The molecule has 0 amide bonds. The highest BCUT2D eigenvalue weighted by atomic mass is 35.6. The molecule has 0 aliphatic heterocycles. The van der Waals surface area contributed by atoms with Gasteiger partial charge in [0.05, 0.1) is 12.2 Å². The van der Waals surface area contributed by atoms with E-state index in [-0.39, 0.29) is 0 Å². The summed E-state index contributed by atoms with van der Waals surface area (Å²) < 4.78 is 4.54. The van der Waals surface area contributed by atoms with Crippen molar-refractivity contribution < 1.29 is 4.43 Å². The molecule has 0 fully saturated rings. The Morgan fingerprint density at radius 3 is 2.07 bits per heavy atom. The third kappa shape index (κ3) is 9.19. The molecule has 14 heavy (non-hydrogen) atoms. The monoisotopic (exact) mass is 274 g/mol. The van der Waals surface area contributed by atoms with Crippen LogP contribution in [0.4, 0.5) is 0 Å². The maximum absolute atomic E-state index is 5.80. The molecule has 0 heterocycles.